The highest BCUT2D eigenvalue weighted by Gasteiger charge is 2.18. The first-order valence-electron chi connectivity index (χ1n) is 13.1. The fourth-order valence-corrected chi connectivity index (χ4v) is 4.56. The van der Waals surface area contributed by atoms with Crippen LogP contribution in [0.2, 0.25) is 5.02 Å². The molecule has 0 saturated heterocycles. The molecule has 0 fully saturated rings. The smallest absolute Gasteiger partial charge is 0.251 e. The van der Waals surface area contributed by atoms with E-state index in [-0.39, 0.29) is 31.0 Å². The molecule has 5 N–H and O–H groups in total. The molecule has 0 radical (unpaired) electrons. The lowest BCUT2D eigenvalue weighted by Gasteiger charge is -2.20. The molecular formula is C30H34ClN5O4. The number of aromatic nitrogens is 2. The summed E-state index contributed by atoms with van der Waals surface area (Å²) < 4.78 is 7.55. The summed E-state index contributed by atoms with van der Waals surface area (Å²) in [6.45, 7) is 5.58. The van der Waals surface area contributed by atoms with Crippen LogP contribution in [0.25, 0.3) is 16.9 Å². The molecular weight excluding hydrogens is 530 g/mol. The highest BCUT2D eigenvalue weighted by Crippen LogP contribution is 2.27. The van der Waals surface area contributed by atoms with E-state index in [1.54, 1.807) is 25.1 Å². The molecule has 0 aliphatic rings. The molecule has 9 nitrogen and oxygen atoms in total. The van der Waals surface area contributed by atoms with E-state index >= 15 is 0 Å². The monoisotopic (exact) mass is 563 g/mol. The van der Waals surface area contributed by atoms with Crippen molar-refractivity contribution >= 4 is 29.1 Å². The number of carbonyl (C=O) groups excluding carboxylic acids is 2. The van der Waals surface area contributed by atoms with Crippen LogP contribution in [-0.2, 0) is 11.2 Å². The van der Waals surface area contributed by atoms with E-state index in [1.165, 1.54) is 0 Å². The summed E-state index contributed by atoms with van der Waals surface area (Å²) in [4.78, 5) is 29.6. The Morgan fingerprint density at radius 2 is 1.88 bits per heavy atom. The predicted octanol–water partition coefficient (Wildman–Crippen LogP) is 3.91. The number of hydrogen-bond acceptors (Lipinski definition) is 6. The number of hydrogen-bond donors (Lipinski definition) is 4. The van der Waals surface area contributed by atoms with Crippen LogP contribution in [0.3, 0.4) is 0 Å². The molecule has 4 rings (SSSR count). The van der Waals surface area contributed by atoms with Gasteiger partial charge in [0.1, 0.15) is 11.4 Å². The van der Waals surface area contributed by atoms with Crippen LogP contribution >= 0.6 is 11.6 Å². The molecule has 0 aliphatic carbocycles. The molecule has 0 bridgehead atoms. The van der Waals surface area contributed by atoms with Gasteiger partial charge in [-0.05, 0) is 57.0 Å². The lowest BCUT2D eigenvalue weighted by Crippen LogP contribution is -2.46. The Morgan fingerprint density at radius 3 is 2.52 bits per heavy atom. The molecule has 0 spiro atoms. The van der Waals surface area contributed by atoms with E-state index in [9.17, 15) is 14.7 Å². The second kappa shape index (κ2) is 13.0. The first kappa shape index (κ1) is 29.1. The van der Waals surface area contributed by atoms with Crippen molar-refractivity contribution in [1.29, 1.82) is 0 Å². The minimum absolute atomic E-state index is 0.0477. The molecule has 2 atom stereocenters. The average molecular weight is 564 g/mol. The number of aliphatic hydroxyl groups is 1. The number of benzene rings is 2. The zero-order valence-electron chi connectivity index (χ0n) is 22.7. The molecule has 10 heteroatoms. The third-order valence-corrected chi connectivity index (χ3v) is 6.61. The van der Waals surface area contributed by atoms with Crippen molar-refractivity contribution in [2.24, 2.45) is 5.73 Å². The number of halogens is 1. The van der Waals surface area contributed by atoms with Crippen LogP contribution in [0, 0.1) is 0 Å². The number of nitrogens with two attached hydrogens (primary N) is 1. The average Bonchev–Trinajstić information content (AvgIpc) is 3.37. The van der Waals surface area contributed by atoms with Crippen molar-refractivity contribution in [2.75, 3.05) is 13.1 Å². The summed E-state index contributed by atoms with van der Waals surface area (Å²) in [6, 6.07) is 16.1. The van der Waals surface area contributed by atoms with Gasteiger partial charge in [0.15, 0.2) is 0 Å². The van der Waals surface area contributed by atoms with Gasteiger partial charge in [-0.2, -0.15) is 0 Å². The number of imidazole rings is 1. The van der Waals surface area contributed by atoms with Gasteiger partial charge in [0, 0.05) is 35.6 Å². The maximum Gasteiger partial charge on any atom is 0.251 e. The molecule has 1 unspecified atom stereocenters. The van der Waals surface area contributed by atoms with E-state index in [2.05, 4.69) is 10.6 Å². The standard InChI is InChI=1S/C30H34ClN5O4/c1-18(2)40-27-11-10-22(14-25(27)31)30(39)34-23(16-33-28(38)15-32)13-20-6-8-21(9-7-20)26-17-36-12-4-5-24(19(3)37)29(36)35-26/h4-12,14,17-19,23,37H,13,15-16,32H2,1-3H3,(H,33,38)(H,34,39)/t19-,23?/m0/s1. The first-order chi connectivity index (χ1) is 19.1. The summed E-state index contributed by atoms with van der Waals surface area (Å²) in [5.41, 5.74) is 9.95. The van der Waals surface area contributed by atoms with E-state index in [1.807, 2.05) is 67.0 Å². The van der Waals surface area contributed by atoms with Crippen LogP contribution in [0.5, 0.6) is 5.75 Å². The Labute approximate surface area is 238 Å². The van der Waals surface area contributed by atoms with Gasteiger partial charge in [-0.15, -0.1) is 0 Å². The molecule has 0 saturated carbocycles. The molecule has 4 aromatic rings. The Kier molecular flexibility index (Phi) is 9.42. The lowest BCUT2D eigenvalue weighted by molar-refractivity contribution is -0.119. The number of amides is 2. The lowest BCUT2D eigenvalue weighted by atomic mass is 10.0. The van der Waals surface area contributed by atoms with Crippen LogP contribution in [0.1, 0.15) is 48.4 Å². The molecule has 0 aliphatic heterocycles. The largest absolute Gasteiger partial charge is 0.489 e. The topological polar surface area (TPSA) is 131 Å². The van der Waals surface area contributed by atoms with Crippen molar-refractivity contribution < 1.29 is 19.4 Å². The third-order valence-electron chi connectivity index (χ3n) is 6.32. The highest BCUT2D eigenvalue weighted by molar-refractivity contribution is 6.32. The Bertz CT molecular complexity index is 1480. The van der Waals surface area contributed by atoms with Gasteiger partial charge < -0.3 is 30.6 Å². The molecule has 2 aromatic carbocycles. The number of rotatable bonds is 11. The fraction of sp³-hybridized carbons (Fsp3) is 0.300. The Balaban J connectivity index is 1.50. The highest BCUT2D eigenvalue weighted by atomic mass is 35.5. The summed E-state index contributed by atoms with van der Waals surface area (Å²) in [5.74, 6) is -0.121. The van der Waals surface area contributed by atoms with Crippen molar-refractivity contribution in [3.63, 3.8) is 0 Å². The normalized spacial score (nSPS) is 12.8. The van der Waals surface area contributed by atoms with Crippen molar-refractivity contribution in [3.05, 3.63) is 88.7 Å². The summed E-state index contributed by atoms with van der Waals surface area (Å²) in [7, 11) is 0. The fourth-order valence-electron chi connectivity index (χ4n) is 4.34. The Morgan fingerprint density at radius 1 is 1.12 bits per heavy atom. The predicted molar refractivity (Wildman–Crippen MR) is 156 cm³/mol. The number of ether oxygens (including phenoxy) is 1. The summed E-state index contributed by atoms with van der Waals surface area (Å²) in [5, 5.41) is 16.2. The number of nitrogens with zero attached hydrogens (tertiary/aromatic N) is 2. The number of nitrogens with one attached hydrogen (secondary N) is 2. The molecule has 2 heterocycles. The maximum atomic E-state index is 13.1. The van der Waals surface area contributed by atoms with Gasteiger partial charge in [-0.1, -0.05) is 41.9 Å². The number of fused-ring (bicyclic) bond motifs is 1. The molecule has 210 valence electrons. The number of carbonyl (C=O) groups is 2. The first-order valence-corrected chi connectivity index (χ1v) is 13.5. The SMILES string of the molecule is CC(C)Oc1ccc(C(=O)NC(CNC(=O)CN)Cc2ccc(-c3cn4cccc([C@H](C)O)c4n3)cc2)cc1Cl. The third kappa shape index (κ3) is 7.18. The summed E-state index contributed by atoms with van der Waals surface area (Å²) in [6.07, 6.45) is 3.61. The minimum Gasteiger partial charge on any atom is -0.489 e. The molecule has 2 aromatic heterocycles. The van der Waals surface area contributed by atoms with Crippen LogP contribution < -0.4 is 21.1 Å². The number of pyridine rings is 1. The molecule has 40 heavy (non-hydrogen) atoms. The maximum absolute atomic E-state index is 13.1. The van der Waals surface area contributed by atoms with Crippen LogP contribution in [0.15, 0.2) is 67.0 Å². The van der Waals surface area contributed by atoms with E-state index in [0.29, 0.717) is 28.4 Å². The minimum atomic E-state index is -0.629. The second-order valence-electron chi connectivity index (χ2n) is 9.89. The zero-order valence-corrected chi connectivity index (χ0v) is 23.5. The number of aliphatic hydroxyl groups excluding tert-OH is 1. The van der Waals surface area contributed by atoms with Crippen molar-refractivity contribution in [2.45, 2.75) is 45.4 Å². The van der Waals surface area contributed by atoms with Gasteiger partial charge in [0.05, 0.1) is 35.5 Å². The van der Waals surface area contributed by atoms with Gasteiger partial charge in [-0.25, -0.2) is 4.98 Å². The summed E-state index contributed by atoms with van der Waals surface area (Å²) >= 11 is 6.33. The van der Waals surface area contributed by atoms with E-state index < -0.39 is 12.1 Å². The van der Waals surface area contributed by atoms with Crippen LogP contribution in [0.4, 0.5) is 0 Å². The van der Waals surface area contributed by atoms with Gasteiger partial charge in [0.2, 0.25) is 5.91 Å². The quantitative estimate of drug-likeness (QED) is 0.219. The van der Waals surface area contributed by atoms with Gasteiger partial charge >= 0.3 is 0 Å². The second-order valence-corrected chi connectivity index (χ2v) is 10.3. The Hall–Kier alpha value is -3.92. The van der Waals surface area contributed by atoms with Crippen molar-refractivity contribution in [1.82, 2.24) is 20.0 Å². The van der Waals surface area contributed by atoms with Crippen LogP contribution in [-0.4, -0.2) is 51.5 Å². The van der Waals surface area contributed by atoms with Gasteiger partial charge in [0.25, 0.3) is 5.91 Å². The van der Waals surface area contributed by atoms with Crippen molar-refractivity contribution in [3.8, 4) is 17.0 Å². The van der Waals surface area contributed by atoms with E-state index in [4.69, 9.17) is 27.1 Å². The zero-order chi connectivity index (χ0) is 28.8. The van der Waals surface area contributed by atoms with E-state index in [0.717, 1.165) is 22.4 Å². The molecule has 2 amide bonds. The van der Waals surface area contributed by atoms with Gasteiger partial charge in [-0.3, -0.25) is 9.59 Å².